The van der Waals surface area contributed by atoms with E-state index >= 15 is 0 Å². The Bertz CT molecular complexity index is 514. The van der Waals surface area contributed by atoms with Crippen LogP contribution in [0, 0.1) is 5.92 Å². The second-order valence-corrected chi connectivity index (χ2v) is 5.78. The zero-order chi connectivity index (χ0) is 12.4. The second kappa shape index (κ2) is 5.02. The first-order valence-corrected chi connectivity index (χ1v) is 7.28. The predicted molar refractivity (Wildman–Crippen MR) is 75.3 cm³/mol. The molecule has 1 atom stereocenters. The summed E-state index contributed by atoms with van der Waals surface area (Å²) in [4.78, 5) is 8.40. The van der Waals surface area contributed by atoms with E-state index < -0.39 is 0 Å². The summed E-state index contributed by atoms with van der Waals surface area (Å²) >= 11 is 2.05. The van der Waals surface area contributed by atoms with Crippen LogP contribution < -0.4 is 5.73 Å². The van der Waals surface area contributed by atoms with Crippen molar-refractivity contribution in [3.05, 3.63) is 30.9 Å². The van der Waals surface area contributed by atoms with Gasteiger partial charge in [-0.3, -0.25) is 0 Å². The van der Waals surface area contributed by atoms with E-state index in [2.05, 4.69) is 14.5 Å². The van der Waals surface area contributed by atoms with Crippen LogP contribution in [0.2, 0.25) is 0 Å². The molecule has 2 N–H and O–H groups in total. The highest BCUT2D eigenvalue weighted by molar-refractivity contribution is 7.99. The Morgan fingerprint density at radius 1 is 1.39 bits per heavy atom. The number of pyridine rings is 1. The Morgan fingerprint density at radius 2 is 2.33 bits per heavy atom. The number of thioether (sulfide) groups is 1. The van der Waals surface area contributed by atoms with Crippen molar-refractivity contribution in [2.75, 3.05) is 17.2 Å². The minimum Gasteiger partial charge on any atom is -0.384 e. The van der Waals surface area contributed by atoms with E-state index in [1.54, 1.807) is 0 Å². The fourth-order valence-corrected chi connectivity index (χ4v) is 3.54. The monoisotopic (exact) mass is 260 g/mol. The van der Waals surface area contributed by atoms with Gasteiger partial charge in [0.2, 0.25) is 0 Å². The van der Waals surface area contributed by atoms with Gasteiger partial charge in [-0.2, -0.15) is 11.8 Å². The lowest BCUT2D eigenvalue weighted by Crippen LogP contribution is -2.10. The summed E-state index contributed by atoms with van der Waals surface area (Å²) in [5.41, 5.74) is 7.81. The topological polar surface area (TPSA) is 56.7 Å². The molecule has 1 unspecified atom stereocenters. The average Bonchev–Trinajstić information content (AvgIpc) is 3.02. The van der Waals surface area contributed by atoms with Crippen LogP contribution in [0.3, 0.4) is 0 Å². The van der Waals surface area contributed by atoms with Crippen molar-refractivity contribution >= 4 is 17.6 Å². The van der Waals surface area contributed by atoms with Crippen LogP contribution >= 0.6 is 11.8 Å². The lowest BCUT2D eigenvalue weighted by atomic mass is 10.1. The minimum absolute atomic E-state index is 0.553. The highest BCUT2D eigenvalue weighted by atomic mass is 32.2. The Balaban J connectivity index is 1.84. The lowest BCUT2D eigenvalue weighted by Gasteiger charge is -2.12. The van der Waals surface area contributed by atoms with E-state index in [0.717, 1.165) is 23.7 Å². The molecule has 0 bridgehead atoms. The molecule has 0 saturated carbocycles. The molecule has 0 amide bonds. The van der Waals surface area contributed by atoms with E-state index in [4.69, 9.17) is 5.73 Å². The SMILES string of the molecule is Nc1ccc(-c2cncn2CC2CCSC2)cn1. The second-order valence-electron chi connectivity index (χ2n) is 4.63. The summed E-state index contributed by atoms with van der Waals surface area (Å²) in [5, 5.41) is 0. The molecule has 18 heavy (non-hydrogen) atoms. The zero-order valence-corrected chi connectivity index (χ0v) is 10.9. The number of nitrogens with two attached hydrogens (primary N) is 1. The number of nitrogen functional groups attached to an aromatic ring is 1. The third-order valence-electron chi connectivity index (χ3n) is 3.27. The molecule has 4 nitrogen and oxygen atoms in total. The normalized spacial score (nSPS) is 19.2. The first kappa shape index (κ1) is 11.6. The van der Waals surface area contributed by atoms with Gasteiger partial charge in [0.1, 0.15) is 5.82 Å². The third kappa shape index (κ3) is 2.36. The van der Waals surface area contributed by atoms with Gasteiger partial charge in [0, 0.05) is 18.3 Å². The number of hydrogen-bond acceptors (Lipinski definition) is 4. The standard InChI is InChI=1S/C13H16N4S/c14-13-2-1-11(5-16-13)12-6-15-9-17(12)7-10-3-4-18-8-10/h1-2,5-6,9-10H,3-4,7-8H2,(H2,14,16). The van der Waals surface area contributed by atoms with Gasteiger partial charge in [-0.1, -0.05) is 0 Å². The maximum absolute atomic E-state index is 5.61. The van der Waals surface area contributed by atoms with Crippen LogP contribution in [0.1, 0.15) is 6.42 Å². The molecule has 0 radical (unpaired) electrons. The van der Waals surface area contributed by atoms with E-state index in [9.17, 15) is 0 Å². The highest BCUT2D eigenvalue weighted by Gasteiger charge is 2.17. The zero-order valence-electron chi connectivity index (χ0n) is 10.1. The molecule has 0 aliphatic carbocycles. The maximum Gasteiger partial charge on any atom is 0.123 e. The first-order chi connectivity index (χ1) is 8.83. The van der Waals surface area contributed by atoms with Crippen molar-refractivity contribution in [2.24, 2.45) is 5.92 Å². The molecule has 0 aromatic carbocycles. The van der Waals surface area contributed by atoms with Gasteiger partial charge in [-0.25, -0.2) is 9.97 Å². The summed E-state index contributed by atoms with van der Waals surface area (Å²) in [6.07, 6.45) is 6.93. The van der Waals surface area contributed by atoms with Gasteiger partial charge >= 0.3 is 0 Å². The van der Waals surface area contributed by atoms with Gasteiger partial charge in [0.25, 0.3) is 0 Å². The van der Waals surface area contributed by atoms with Gasteiger partial charge in [-0.15, -0.1) is 0 Å². The average molecular weight is 260 g/mol. The maximum atomic E-state index is 5.61. The molecule has 3 rings (SSSR count). The molecule has 1 saturated heterocycles. The molecule has 1 fully saturated rings. The third-order valence-corrected chi connectivity index (χ3v) is 4.50. The van der Waals surface area contributed by atoms with Crippen LogP contribution in [-0.2, 0) is 6.54 Å². The van der Waals surface area contributed by atoms with Crippen molar-refractivity contribution in [3.8, 4) is 11.3 Å². The van der Waals surface area contributed by atoms with E-state index in [0.29, 0.717) is 5.82 Å². The number of hydrogen-bond donors (Lipinski definition) is 1. The number of nitrogens with zero attached hydrogens (tertiary/aromatic N) is 3. The number of aromatic nitrogens is 3. The molecular weight excluding hydrogens is 244 g/mol. The lowest BCUT2D eigenvalue weighted by molar-refractivity contribution is 0.495. The summed E-state index contributed by atoms with van der Waals surface area (Å²) in [7, 11) is 0. The molecule has 5 heteroatoms. The molecule has 2 aromatic heterocycles. The number of imidazole rings is 1. The molecular formula is C13H16N4S. The van der Waals surface area contributed by atoms with Crippen molar-refractivity contribution in [3.63, 3.8) is 0 Å². The molecule has 94 valence electrons. The largest absolute Gasteiger partial charge is 0.384 e. The van der Waals surface area contributed by atoms with E-state index in [1.165, 1.54) is 17.9 Å². The summed E-state index contributed by atoms with van der Waals surface area (Å²) in [6, 6.07) is 3.83. The van der Waals surface area contributed by atoms with Gasteiger partial charge < -0.3 is 10.3 Å². The van der Waals surface area contributed by atoms with Crippen LogP contribution in [0.15, 0.2) is 30.9 Å². The first-order valence-electron chi connectivity index (χ1n) is 6.13. The van der Waals surface area contributed by atoms with Crippen molar-refractivity contribution in [1.82, 2.24) is 14.5 Å². The van der Waals surface area contributed by atoms with Crippen molar-refractivity contribution in [2.45, 2.75) is 13.0 Å². The smallest absolute Gasteiger partial charge is 0.123 e. The quantitative estimate of drug-likeness (QED) is 0.920. The van der Waals surface area contributed by atoms with E-state index in [-0.39, 0.29) is 0 Å². The van der Waals surface area contributed by atoms with Gasteiger partial charge in [0.05, 0.1) is 18.2 Å². The van der Waals surface area contributed by atoms with Crippen molar-refractivity contribution < 1.29 is 0 Å². The van der Waals surface area contributed by atoms with E-state index in [1.807, 2.05) is 42.6 Å². The Morgan fingerprint density at radius 3 is 3.06 bits per heavy atom. The van der Waals surface area contributed by atoms with Crippen LogP contribution in [0.4, 0.5) is 5.82 Å². The van der Waals surface area contributed by atoms with Gasteiger partial charge in [-0.05, 0) is 36.0 Å². The Labute approximate surface area is 111 Å². The van der Waals surface area contributed by atoms with Crippen LogP contribution in [0.5, 0.6) is 0 Å². The fraction of sp³-hybridized carbons (Fsp3) is 0.385. The molecule has 3 heterocycles. The highest BCUT2D eigenvalue weighted by Crippen LogP contribution is 2.27. The predicted octanol–water partition coefficient (Wildman–Crippen LogP) is 2.28. The molecule has 2 aromatic rings. The number of anilines is 1. The fourth-order valence-electron chi connectivity index (χ4n) is 2.27. The molecule has 0 spiro atoms. The van der Waals surface area contributed by atoms with Crippen molar-refractivity contribution in [1.29, 1.82) is 0 Å². The Hall–Kier alpha value is -1.49. The van der Waals surface area contributed by atoms with Crippen LogP contribution in [-0.4, -0.2) is 26.0 Å². The van der Waals surface area contributed by atoms with Gasteiger partial charge in [0.15, 0.2) is 0 Å². The minimum atomic E-state index is 0.553. The summed E-state index contributed by atoms with van der Waals surface area (Å²) in [6.45, 7) is 1.05. The molecule has 1 aliphatic heterocycles. The van der Waals surface area contributed by atoms with Crippen LogP contribution in [0.25, 0.3) is 11.3 Å². The molecule has 1 aliphatic rings. The Kier molecular flexibility index (Phi) is 3.23. The summed E-state index contributed by atoms with van der Waals surface area (Å²) in [5.74, 6) is 3.87. The summed E-state index contributed by atoms with van der Waals surface area (Å²) < 4.78 is 2.23. The number of rotatable bonds is 3.